The van der Waals surface area contributed by atoms with E-state index in [4.69, 9.17) is 5.73 Å². The molecular formula is C18H17N3. The Morgan fingerprint density at radius 1 is 0.810 bits per heavy atom. The van der Waals surface area contributed by atoms with Gasteiger partial charge in [-0.1, -0.05) is 54.6 Å². The van der Waals surface area contributed by atoms with Gasteiger partial charge in [-0.15, -0.1) is 0 Å². The zero-order chi connectivity index (χ0) is 14.5. The van der Waals surface area contributed by atoms with Crippen LogP contribution in [-0.4, -0.2) is 16.5 Å². The van der Waals surface area contributed by atoms with E-state index in [9.17, 15) is 0 Å². The Kier molecular flexibility index (Phi) is 4.03. The van der Waals surface area contributed by atoms with Gasteiger partial charge in [0.25, 0.3) is 0 Å². The van der Waals surface area contributed by atoms with Crippen molar-refractivity contribution < 1.29 is 0 Å². The van der Waals surface area contributed by atoms with Crippen molar-refractivity contribution in [1.29, 1.82) is 0 Å². The first-order valence-corrected chi connectivity index (χ1v) is 7.04. The van der Waals surface area contributed by atoms with Gasteiger partial charge >= 0.3 is 0 Å². The number of aromatic nitrogens is 2. The second-order valence-electron chi connectivity index (χ2n) is 4.87. The molecule has 3 heteroatoms. The topological polar surface area (TPSA) is 51.8 Å². The highest BCUT2D eigenvalue weighted by molar-refractivity contribution is 5.63. The minimum Gasteiger partial charge on any atom is -0.330 e. The van der Waals surface area contributed by atoms with Crippen LogP contribution >= 0.6 is 0 Å². The van der Waals surface area contributed by atoms with Crippen LogP contribution in [0.1, 0.15) is 5.56 Å². The maximum absolute atomic E-state index is 5.57. The lowest BCUT2D eigenvalue weighted by atomic mass is 10.1. The Bertz CT molecular complexity index is 706. The molecule has 0 unspecified atom stereocenters. The Morgan fingerprint density at radius 3 is 2.29 bits per heavy atom. The van der Waals surface area contributed by atoms with Gasteiger partial charge in [-0.05, 0) is 24.6 Å². The number of rotatable bonds is 4. The monoisotopic (exact) mass is 275 g/mol. The van der Waals surface area contributed by atoms with Gasteiger partial charge in [-0.25, -0.2) is 9.97 Å². The van der Waals surface area contributed by atoms with Crippen LogP contribution in [0.2, 0.25) is 0 Å². The molecule has 1 aromatic heterocycles. The van der Waals surface area contributed by atoms with Crippen LogP contribution in [0, 0.1) is 0 Å². The van der Waals surface area contributed by atoms with Crippen molar-refractivity contribution in [1.82, 2.24) is 9.97 Å². The SMILES string of the molecule is NCCc1ccc(-c2ccnc(-c3ccccc3)n2)cc1. The fourth-order valence-corrected chi connectivity index (χ4v) is 2.25. The summed E-state index contributed by atoms with van der Waals surface area (Å²) >= 11 is 0. The minimum atomic E-state index is 0.672. The average Bonchev–Trinajstić information content (AvgIpc) is 2.57. The lowest BCUT2D eigenvalue weighted by molar-refractivity contribution is 0.969. The number of hydrogen-bond acceptors (Lipinski definition) is 3. The Morgan fingerprint density at radius 2 is 1.57 bits per heavy atom. The molecule has 0 amide bonds. The second kappa shape index (κ2) is 6.29. The Balaban J connectivity index is 1.92. The first-order valence-electron chi connectivity index (χ1n) is 7.04. The predicted octanol–water partition coefficient (Wildman–Crippen LogP) is 3.31. The third-order valence-corrected chi connectivity index (χ3v) is 3.37. The fourth-order valence-electron chi connectivity index (χ4n) is 2.25. The van der Waals surface area contributed by atoms with E-state index in [2.05, 4.69) is 34.2 Å². The molecule has 2 aromatic carbocycles. The number of benzene rings is 2. The lowest BCUT2D eigenvalue weighted by Crippen LogP contribution is -2.02. The van der Waals surface area contributed by atoms with Crippen LogP contribution in [0.4, 0.5) is 0 Å². The Labute approximate surface area is 124 Å². The molecule has 0 saturated carbocycles. The van der Waals surface area contributed by atoms with Gasteiger partial charge < -0.3 is 5.73 Å². The lowest BCUT2D eigenvalue weighted by Gasteiger charge is -2.05. The molecule has 2 N–H and O–H groups in total. The third-order valence-electron chi connectivity index (χ3n) is 3.37. The molecule has 0 bridgehead atoms. The summed E-state index contributed by atoms with van der Waals surface area (Å²) in [5.41, 5.74) is 9.88. The van der Waals surface area contributed by atoms with Crippen LogP contribution in [0.5, 0.6) is 0 Å². The summed E-state index contributed by atoms with van der Waals surface area (Å²) in [4.78, 5) is 9.01. The molecule has 0 saturated heterocycles. The van der Waals surface area contributed by atoms with E-state index < -0.39 is 0 Å². The maximum atomic E-state index is 5.57. The van der Waals surface area contributed by atoms with Crippen LogP contribution in [0.15, 0.2) is 66.9 Å². The molecule has 1 heterocycles. The average molecular weight is 275 g/mol. The third kappa shape index (κ3) is 3.15. The molecule has 3 nitrogen and oxygen atoms in total. The van der Waals surface area contributed by atoms with Crippen LogP contribution < -0.4 is 5.73 Å². The highest BCUT2D eigenvalue weighted by atomic mass is 14.9. The molecule has 21 heavy (non-hydrogen) atoms. The summed E-state index contributed by atoms with van der Waals surface area (Å²) < 4.78 is 0. The largest absolute Gasteiger partial charge is 0.330 e. The smallest absolute Gasteiger partial charge is 0.159 e. The van der Waals surface area contributed by atoms with E-state index in [0.717, 1.165) is 29.1 Å². The maximum Gasteiger partial charge on any atom is 0.159 e. The van der Waals surface area contributed by atoms with Crippen LogP contribution in [-0.2, 0) is 6.42 Å². The molecule has 0 fully saturated rings. The van der Waals surface area contributed by atoms with Crippen molar-refractivity contribution in [2.75, 3.05) is 6.54 Å². The zero-order valence-electron chi connectivity index (χ0n) is 11.7. The highest BCUT2D eigenvalue weighted by Crippen LogP contribution is 2.21. The van der Waals surface area contributed by atoms with E-state index in [0.29, 0.717) is 6.54 Å². The number of nitrogens with zero attached hydrogens (tertiary/aromatic N) is 2. The molecule has 0 atom stereocenters. The molecule has 0 aliphatic rings. The number of hydrogen-bond donors (Lipinski definition) is 1. The molecule has 3 aromatic rings. The predicted molar refractivity (Wildman–Crippen MR) is 85.7 cm³/mol. The van der Waals surface area contributed by atoms with Gasteiger partial charge in [0.1, 0.15) is 0 Å². The van der Waals surface area contributed by atoms with Gasteiger partial charge in [-0.3, -0.25) is 0 Å². The van der Waals surface area contributed by atoms with E-state index in [1.807, 2.05) is 36.4 Å². The molecule has 0 spiro atoms. The van der Waals surface area contributed by atoms with Gasteiger partial charge in [-0.2, -0.15) is 0 Å². The molecule has 104 valence electrons. The van der Waals surface area contributed by atoms with Gasteiger partial charge in [0.15, 0.2) is 5.82 Å². The van der Waals surface area contributed by atoms with Crippen LogP contribution in [0.3, 0.4) is 0 Å². The van der Waals surface area contributed by atoms with Crippen molar-refractivity contribution in [2.45, 2.75) is 6.42 Å². The quantitative estimate of drug-likeness (QED) is 0.794. The normalized spacial score (nSPS) is 10.5. The number of nitrogens with two attached hydrogens (primary N) is 1. The first-order chi connectivity index (χ1) is 10.4. The molecule has 3 rings (SSSR count). The van der Waals surface area contributed by atoms with Gasteiger partial charge in [0.2, 0.25) is 0 Å². The standard InChI is InChI=1S/C18H17N3/c19-12-10-14-6-8-15(9-7-14)17-11-13-20-18(21-17)16-4-2-1-3-5-16/h1-9,11,13H,10,12,19H2. The molecular weight excluding hydrogens is 258 g/mol. The van der Waals surface area contributed by atoms with Crippen molar-refractivity contribution in [2.24, 2.45) is 5.73 Å². The van der Waals surface area contributed by atoms with Crippen molar-refractivity contribution in [3.63, 3.8) is 0 Å². The summed E-state index contributed by atoms with van der Waals surface area (Å²) in [6, 6.07) is 20.3. The molecule has 0 aliphatic carbocycles. The summed E-state index contributed by atoms with van der Waals surface area (Å²) in [6.07, 6.45) is 2.71. The fraction of sp³-hybridized carbons (Fsp3) is 0.111. The Hall–Kier alpha value is -2.52. The second-order valence-corrected chi connectivity index (χ2v) is 4.87. The van der Waals surface area contributed by atoms with E-state index in [1.165, 1.54) is 5.56 Å². The van der Waals surface area contributed by atoms with Crippen molar-refractivity contribution in [3.8, 4) is 22.6 Å². The van der Waals surface area contributed by atoms with E-state index >= 15 is 0 Å². The van der Waals surface area contributed by atoms with Gasteiger partial charge in [0.05, 0.1) is 5.69 Å². The van der Waals surface area contributed by atoms with E-state index in [-0.39, 0.29) is 0 Å². The van der Waals surface area contributed by atoms with Crippen molar-refractivity contribution >= 4 is 0 Å². The minimum absolute atomic E-state index is 0.672. The zero-order valence-corrected chi connectivity index (χ0v) is 11.7. The summed E-state index contributed by atoms with van der Waals surface area (Å²) in [7, 11) is 0. The van der Waals surface area contributed by atoms with Crippen molar-refractivity contribution in [3.05, 3.63) is 72.4 Å². The summed E-state index contributed by atoms with van der Waals surface area (Å²) in [5.74, 6) is 0.749. The first kappa shape index (κ1) is 13.5. The highest BCUT2D eigenvalue weighted by Gasteiger charge is 2.04. The summed E-state index contributed by atoms with van der Waals surface area (Å²) in [6.45, 7) is 0.672. The molecule has 0 aliphatic heterocycles. The van der Waals surface area contributed by atoms with E-state index in [1.54, 1.807) is 6.20 Å². The summed E-state index contributed by atoms with van der Waals surface area (Å²) in [5, 5.41) is 0. The van der Waals surface area contributed by atoms with Crippen LogP contribution in [0.25, 0.3) is 22.6 Å². The van der Waals surface area contributed by atoms with Gasteiger partial charge in [0, 0.05) is 17.3 Å². The molecule has 0 radical (unpaired) electrons.